The van der Waals surface area contributed by atoms with E-state index in [2.05, 4.69) is 48.2 Å². The topological polar surface area (TPSA) is 32.5 Å². The molecule has 2 N–H and O–H groups in total. The van der Waals surface area contributed by atoms with Gasteiger partial charge >= 0.3 is 0 Å². The first-order valence-corrected chi connectivity index (χ1v) is 6.87. The van der Waals surface area contributed by atoms with Crippen molar-refractivity contribution in [2.45, 2.75) is 19.4 Å². The number of hydrogen-bond acceptors (Lipinski definition) is 3. The van der Waals surface area contributed by atoms with Crippen LogP contribution in [-0.4, -0.2) is 38.6 Å². The number of nitrogens with two attached hydrogens (primary N) is 1. The number of anilines is 1. The van der Waals surface area contributed by atoms with Gasteiger partial charge in [-0.3, -0.25) is 0 Å². The van der Waals surface area contributed by atoms with Gasteiger partial charge in [-0.1, -0.05) is 12.1 Å². The lowest BCUT2D eigenvalue weighted by Crippen LogP contribution is -2.37. The Balaban J connectivity index is 1.92. The third kappa shape index (κ3) is 3.47. The minimum atomic E-state index is 0.630. The summed E-state index contributed by atoms with van der Waals surface area (Å²) in [6.07, 6.45) is 2.59. The smallest absolute Gasteiger partial charge is 0.0369 e. The molecule has 1 heterocycles. The van der Waals surface area contributed by atoms with Crippen molar-refractivity contribution in [1.29, 1.82) is 0 Å². The monoisotopic (exact) mass is 247 g/mol. The summed E-state index contributed by atoms with van der Waals surface area (Å²) < 4.78 is 0. The van der Waals surface area contributed by atoms with Crippen molar-refractivity contribution < 1.29 is 0 Å². The van der Waals surface area contributed by atoms with Gasteiger partial charge in [0.15, 0.2) is 0 Å². The van der Waals surface area contributed by atoms with Crippen LogP contribution in [0.15, 0.2) is 24.3 Å². The lowest BCUT2D eigenvalue weighted by molar-refractivity contribution is 0.285. The van der Waals surface area contributed by atoms with Gasteiger partial charge in [0, 0.05) is 31.9 Å². The van der Waals surface area contributed by atoms with E-state index in [1.54, 1.807) is 0 Å². The Kier molecular flexibility index (Phi) is 4.61. The molecule has 0 radical (unpaired) electrons. The van der Waals surface area contributed by atoms with Crippen LogP contribution in [0.25, 0.3) is 0 Å². The standard InChI is InChI=1S/C15H25N3/c1-17(2)12-13-6-8-18(9-7-13)15-5-3-4-14(10-15)11-16/h3-5,10,13H,6-9,11-12,16H2,1-2H3. The van der Waals surface area contributed by atoms with Gasteiger partial charge in [0.25, 0.3) is 0 Å². The Morgan fingerprint density at radius 3 is 2.61 bits per heavy atom. The molecule has 0 saturated carbocycles. The van der Waals surface area contributed by atoms with Gasteiger partial charge in [0.2, 0.25) is 0 Å². The second kappa shape index (κ2) is 6.21. The summed E-state index contributed by atoms with van der Waals surface area (Å²) in [5, 5.41) is 0. The lowest BCUT2D eigenvalue weighted by atomic mass is 9.96. The molecule has 0 bridgehead atoms. The number of nitrogens with zero attached hydrogens (tertiary/aromatic N) is 2. The van der Waals surface area contributed by atoms with E-state index in [9.17, 15) is 0 Å². The first kappa shape index (κ1) is 13.4. The van der Waals surface area contributed by atoms with Gasteiger partial charge < -0.3 is 15.5 Å². The molecule has 1 fully saturated rings. The molecule has 2 rings (SSSR count). The van der Waals surface area contributed by atoms with E-state index in [0.29, 0.717) is 6.54 Å². The van der Waals surface area contributed by atoms with Gasteiger partial charge in [0.05, 0.1) is 0 Å². The summed E-state index contributed by atoms with van der Waals surface area (Å²) >= 11 is 0. The minimum Gasteiger partial charge on any atom is -0.372 e. The second-order valence-electron chi connectivity index (χ2n) is 5.57. The van der Waals surface area contributed by atoms with Gasteiger partial charge in [-0.05, 0) is 50.6 Å². The molecular weight excluding hydrogens is 222 g/mol. The fraction of sp³-hybridized carbons (Fsp3) is 0.600. The molecule has 1 aromatic rings. The third-order valence-electron chi connectivity index (χ3n) is 3.75. The van der Waals surface area contributed by atoms with E-state index in [-0.39, 0.29) is 0 Å². The predicted octanol–water partition coefficient (Wildman–Crippen LogP) is 1.92. The van der Waals surface area contributed by atoms with Crippen LogP contribution < -0.4 is 10.6 Å². The average molecular weight is 247 g/mol. The zero-order valence-electron chi connectivity index (χ0n) is 11.6. The highest BCUT2D eigenvalue weighted by molar-refractivity contribution is 5.48. The Labute approximate surface area is 111 Å². The van der Waals surface area contributed by atoms with Crippen molar-refractivity contribution in [2.75, 3.05) is 38.6 Å². The fourth-order valence-electron chi connectivity index (χ4n) is 2.77. The van der Waals surface area contributed by atoms with Crippen LogP contribution in [0.4, 0.5) is 5.69 Å². The molecule has 0 unspecified atom stereocenters. The highest BCUT2D eigenvalue weighted by atomic mass is 15.1. The Morgan fingerprint density at radius 2 is 2.00 bits per heavy atom. The van der Waals surface area contributed by atoms with Crippen LogP contribution in [0.1, 0.15) is 18.4 Å². The number of benzene rings is 1. The molecule has 18 heavy (non-hydrogen) atoms. The van der Waals surface area contributed by atoms with E-state index < -0.39 is 0 Å². The van der Waals surface area contributed by atoms with Crippen LogP contribution in [-0.2, 0) is 6.54 Å². The summed E-state index contributed by atoms with van der Waals surface area (Å²) in [5.74, 6) is 0.856. The summed E-state index contributed by atoms with van der Waals surface area (Å²) in [6.45, 7) is 4.20. The van der Waals surface area contributed by atoms with E-state index in [4.69, 9.17) is 5.73 Å². The first-order valence-electron chi connectivity index (χ1n) is 6.87. The highest BCUT2D eigenvalue weighted by Crippen LogP contribution is 2.24. The van der Waals surface area contributed by atoms with Crippen LogP contribution in [0.5, 0.6) is 0 Å². The molecule has 0 spiro atoms. The molecular formula is C15H25N3. The summed E-state index contributed by atoms with van der Waals surface area (Å²) in [4.78, 5) is 4.79. The van der Waals surface area contributed by atoms with E-state index in [0.717, 1.165) is 5.92 Å². The SMILES string of the molecule is CN(C)CC1CCN(c2cccc(CN)c2)CC1. The largest absolute Gasteiger partial charge is 0.372 e. The minimum absolute atomic E-state index is 0.630. The van der Waals surface area contributed by atoms with Crippen LogP contribution in [0.2, 0.25) is 0 Å². The van der Waals surface area contributed by atoms with Crippen molar-refractivity contribution in [2.24, 2.45) is 11.7 Å². The summed E-state index contributed by atoms with van der Waals surface area (Å²) in [7, 11) is 4.33. The van der Waals surface area contributed by atoms with Crippen molar-refractivity contribution >= 4 is 5.69 Å². The maximum atomic E-state index is 5.70. The van der Waals surface area contributed by atoms with Crippen LogP contribution >= 0.6 is 0 Å². The molecule has 0 aromatic heterocycles. The van der Waals surface area contributed by atoms with Gasteiger partial charge in [-0.15, -0.1) is 0 Å². The average Bonchev–Trinajstić information content (AvgIpc) is 2.39. The molecule has 0 atom stereocenters. The normalized spacial score (nSPS) is 17.4. The molecule has 3 nitrogen and oxygen atoms in total. The van der Waals surface area contributed by atoms with Gasteiger partial charge in [-0.25, -0.2) is 0 Å². The molecule has 1 aliphatic heterocycles. The maximum absolute atomic E-state index is 5.70. The van der Waals surface area contributed by atoms with E-state index in [1.165, 1.54) is 43.7 Å². The Hall–Kier alpha value is -1.06. The zero-order chi connectivity index (χ0) is 13.0. The molecule has 0 amide bonds. The number of piperidine rings is 1. The molecule has 1 aromatic carbocycles. The molecule has 1 saturated heterocycles. The van der Waals surface area contributed by atoms with Crippen molar-refractivity contribution in [3.05, 3.63) is 29.8 Å². The number of rotatable bonds is 4. The molecule has 1 aliphatic rings. The zero-order valence-corrected chi connectivity index (χ0v) is 11.6. The van der Waals surface area contributed by atoms with Crippen LogP contribution in [0.3, 0.4) is 0 Å². The quantitative estimate of drug-likeness (QED) is 0.882. The van der Waals surface area contributed by atoms with Crippen molar-refractivity contribution in [3.8, 4) is 0 Å². The lowest BCUT2D eigenvalue weighted by Gasteiger charge is -2.34. The van der Waals surface area contributed by atoms with Crippen molar-refractivity contribution in [1.82, 2.24) is 4.90 Å². The van der Waals surface area contributed by atoms with Gasteiger partial charge in [0.1, 0.15) is 0 Å². The Bertz CT molecular complexity index is 368. The van der Waals surface area contributed by atoms with Crippen LogP contribution in [0, 0.1) is 5.92 Å². The Morgan fingerprint density at radius 1 is 1.28 bits per heavy atom. The van der Waals surface area contributed by atoms with Gasteiger partial charge in [-0.2, -0.15) is 0 Å². The maximum Gasteiger partial charge on any atom is 0.0369 e. The summed E-state index contributed by atoms with van der Waals surface area (Å²) in [6, 6.07) is 8.64. The molecule has 3 heteroatoms. The predicted molar refractivity (Wildman–Crippen MR) is 77.8 cm³/mol. The van der Waals surface area contributed by atoms with E-state index >= 15 is 0 Å². The molecule has 100 valence electrons. The molecule has 0 aliphatic carbocycles. The highest BCUT2D eigenvalue weighted by Gasteiger charge is 2.19. The first-order chi connectivity index (χ1) is 8.69. The summed E-state index contributed by atoms with van der Waals surface area (Å²) in [5.41, 5.74) is 8.26. The second-order valence-corrected chi connectivity index (χ2v) is 5.57. The van der Waals surface area contributed by atoms with Crippen molar-refractivity contribution in [3.63, 3.8) is 0 Å². The number of hydrogen-bond donors (Lipinski definition) is 1. The fourth-order valence-corrected chi connectivity index (χ4v) is 2.77. The van der Waals surface area contributed by atoms with E-state index in [1.807, 2.05) is 0 Å². The third-order valence-corrected chi connectivity index (χ3v) is 3.75.